The molecule has 41 nitrogen and oxygen atoms in total. The van der Waals surface area contributed by atoms with Gasteiger partial charge in [-0.2, -0.15) is 0 Å². The van der Waals surface area contributed by atoms with E-state index >= 15 is 0 Å². The molecule has 6 unspecified atom stereocenters. The molecule has 51 atom stereocenters. The summed E-state index contributed by atoms with van der Waals surface area (Å²) in [5.74, 6) is -2.05. The SMILES string of the molecule is CC1C2C(CC3C4CC[C@H]5C[C@@H](O[C@@H]6O[C@H](CO)[C@H](O[C@H]7O[C@H](CO)[C@@H](O[C@@H]8O[C@H](CO)[C@@H](O)[C@H](O[C@H]9O[C@H](C)[C@@H](O[C@@H]%10O[C@H](C)[C@@H](O)[C@H](O)[C@@H]%10O)[C@H](O)[C@@H]9O[C@@H]9O[C@H](C)[C@@H](O)[C@H](O)[C@@H]9O)[C@H]8O[C@H]8OC[C@@H](O)[C@H](O)[C@H]8O)[C@H](O)[C@H]7O)[C@H](O)[C@H]6O)CC[C@]5(C)C4CC(=O)[C@@]32C)O[C@]1(O)CC[C@@H](C)CO[C@@H]1O[C@H](CO)[C@@H](O)[C@H](O)[C@H]1O. The second-order valence-corrected chi connectivity index (χ2v) is 34.9. The van der Waals surface area contributed by atoms with Gasteiger partial charge in [-0.05, 0) is 101 Å². The Bertz CT molecular complexity index is 3160. The zero-order chi connectivity index (χ0) is 83.4. The van der Waals surface area contributed by atoms with Gasteiger partial charge in [0.15, 0.2) is 56.1 Å². The van der Waals surface area contributed by atoms with Gasteiger partial charge in [-0.15, -0.1) is 0 Å². The van der Waals surface area contributed by atoms with Crippen molar-refractivity contribution in [3.8, 4) is 0 Å². The van der Waals surface area contributed by atoms with Crippen molar-refractivity contribution in [3.63, 3.8) is 0 Å². The summed E-state index contributed by atoms with van der Waals surface area (Å²) < 4.78 is 103. The Balaban J connectivity index is 0.651. The maximum Gasteiger partial charge on any atom is 0.187 e. The third kappa shape index (κ3) is 17.1. The quantitative estimate of drug-likeness (QED) is 0.0399. The van der Waals surface area contributed by atoms with Crippen molar-refractivity contribution in [2.24, 2.45) is 52.3 Å². The molecule has 0 aromatic carbocycles. The molecule has 13 fully saturated rings. The smallest absolute Gasteiger partial charge is 0.187 e. The van der Waals surface area contributed by atoms with E-state index in [4.69, 9.17) is 80.5 Å². The van der Waals surface area contributed by atoms with Gasteiger partial charge in [0.1, 0.15) is 177 Å². The first kappa shape index (κ1) is 90.8. The van der Waals surface area contributed by atoms with E-state index in [0.29, 0.717) is 38.5 Å². The molecule has 0 amide bonds. The lowest BCUT2D eigenvalue weighted by atomic mass is 9.44. The molecule has 4 aliphatic carbocycles. The Morgan fingerprint density at radius 1 is 0.435 bits per heavy atom. The molecule has 0 spiro atoms. The molecule has 13 rings (SSSR count). The predicted molar refractivity (Wildman–Crippen MR) is 372 cm³/mol. The van der Waals surface area contributed by atoms with E-state index < -0.39 is 296 Å². The van der Waals surface area contributed by atoms with E-state index in [1.807, 2.05) is 20.8 Å². The number of hydrogen-bond donors (Lipinski definition) is 23. The number of carbonyl (C=O) groups excluding carboxylic acids is 1. The number of ether oxygens (including phenoxy) is 17. The van der Waals surface area contributed by atoms with Crippen molar-refractivity contribution < 1.29 is 203 Å². The minimum atomic E-state index is -2.24. The topological polar surface area (TPSA) is 639 Å². The second kappa shape index (κ2) is 36.3. The molecule has 9 aliphatic heterocycles. The normalized spacial score (nSPS) is 55.8. The molecule has 4 saturated carbocycles. The summed E-state index contributed by atoms with van der Waals surface area (Å²) >= 11 is 0. The van der Waals surface area contributed by atoms with Crippen molar-refractivity contribution in [1.29, 1.82) is 0 Å². The first-order valence-corrected chi connectivity index (χ1v) is 40.4. The van der Waals surface area contributed by atoms with E-state index in [1.54, 1.807) is 0 Å². The van der Waals surface area contributed by atoms with Crippen molar-refractivity contribution in [2.75, 3.05) is 39.6 Å². The van der Waals surface area contributed by atoms with E-state index in [-0.39, 0.29) is 65.8 Å². The van der Waals surface area contributed by atoms with Gasteiger partial charge < -0.3 is 198 Å². The van der Waals surface area contributed by atoms with E-state index in [9.17, 15) is 122 Å². The largest absolute Gasteiger partial charge is 0.394 e. The lowest BCUT2D eigenvalue weighted by molar-refractivity contribution is -0.416. The van der Waals surface area contributed by atoms with Crippen LogP contribution in [0.1, 0.15) is 106 Å². The Labute approximate surface area is 662 Å². The highest BCUT2D eigenvalue weighted by Crippen LogP contribution is 2.70. The first-order chi connectivity index (χ1) is 54.3. The molecule has 13 aliphatic rings. The summed E-state index contributed by atoms with van der Waals surface area (Å²) in [6.07, 6.45) is -66.8. The monoisotopic (exact) mass is 1670 g/mol. The highest BCUT2D eigenvalue weighted by Gasteiger charge is 2.72. The third-order valence-electron chi connectivity index (χ3n) is 27.9. The van der Waals surface area contributed by atoms with Crippen LogP contribution in [0.3, 0.4) is 0 Å². The van der Waals surface area contributed by atoms with Crippen LogP contribution in [-0.4, -0.2) is 420 Å². The molecule has 0 radical (unpaired) electrons. The van der Waals surface area contributed by atoms with Gasteiger partial charge in [-0.1, -0.05) is 27.7 Å². The molecule has 0 aromatic heterocycles. The molecule has 664 valence electrons. The van der Waals surface area contributed by atoms with E-state index in [0.717, 1.165) is 12.8 Å². The molecule has 9 saturated heterocycles. The number of carbonyl (C=O) groups is 1. The highest BCUT2D eigenvalue weighted by atomic mass is 16.8. The molecule has 23 N–H and O–H groups in total. The summed E-state index contributed by atoms with van der Waals surface area (Å²) in [5, 5.41) is 255. The van der Waals surface area contributed by atoms with Crippen LogP contribution in [0.25, 0.3) is 0 Å². The van der Waals surface area contributed by atoms with Crippen LogP contribution >= 0.6 is 0 Å². The first-order valence-electron chi connectivity index (χ1n) is 40.4. The number of aliphatic hydroxyl groups is 23. The van der Waals surface area contributed by atoms with Crippen molar-refractivity contribution in [1.82, 2.24) is 0 Å². The number of aliphatic hydroxyl groups excluding tert-OH is 22. The van der Waals surface area contributed by atoms with Gasteiger partial charge in [-0.3, -0.25) is 4.79 Å². The van der Waals surface area contributed by atoms with Crippen molar-refractivity contribution in [2.45, 2.75) is 364 Å². The molecule has 0 aromatic rings. The van der Waals surface area contributed by atoms with Crippen LogP contribution in [0, 0.1) is 52.3 Å². The Hall–Kier alpha value is -1.93. The third-order valence-corrected chi connectivity index (χ3v) is 27.9. The van der Waals surface area contributed by atoms with Gasteiger partial charge in [0.05, 0.1) is 70.2 Å². The van der Waals surface area contributed by atoms with Crippen molar-refractivity contribution in [3.05, 3.63) is 0 Å². The second-order valence-electron chi connectivity index (χ2n) is 34.9. The van der Waals surface area contributed by atoms with E-state index in [2.05, 4.69) is 6.92 Å². The summed E-state index contributed by atoms with van der Waals surface area (Å²) in [4.78, 5) is 15.0. The van der Waals surface area contributed by atoms with Gasteiger partial charge in [0, 0.05) is 30.1 Å². The van der Waals surface area contributed by atoms with Crippen LogP contribution in [0.5, 0.6) is 0 Å². The number of ketones is 1. The van der Waals surface area contributed by atoms with Crippen LogP contribution in [0.15, 0.2) is 0 Å². The maximum atomic E-state index is 15.0. The Morgan fingerprint density at radius 3 is 1.50 bits per heavy atom. The van der Waals surface area contributed by atoms with Crippen LogP contribution in [-0.2, 0) is 85.3 Å². The lowest BCUT2D eigenvalue weighted by Crippen LogP contribution is -2.69. The minimum absolute atomic E-state index is 0.0143. The van der Waals surface area contributed by atoms with Gasteiger partial charge in [0.2, 0.25) is 0 Å². The zero-order valence-corrected chi connectivity index (χ0v) is 65.0. The lowest BCUT2D eigenvalue weighted by Gasteiger charge is -2.60. The average Bonchev–Trinajstić information content (AvgIpc) is 1.54. The minimum Gasteiger partial charge on any atom is -0.394 e. The van der Waals surface area contributed by atoms with Crippen LogP contribution < -0.4 is 0 Å². The van der Waals surface area contributed by atoms with Crippen LogP contribution in [0.4, 0.5) is 0 Å². The zero-order valence-electron chi connectivity index (χ0n) is 65.0. The van der Waals surface area contributed by atoms with Gasteiger partial charge >= 0.3 is 0 Å². The maximum absolute atomic E-state index is 15.0. The fourth-order valence-corrected chi connectivity index (χ4v) is 20.8. The molecule has 41 heteroatoms. The summed E-state index contributed by atoms with van der Waals surface area (Å²) in [5.41, 5.74) is -1.09. The average molecular weight is 1670 g/mol. The summed E-state index contributed by atoms with van der Waals surface area (Å²) in [6.45, 7) is 7.79. The Morgan fingerprint density at radius 2 is 0.904 bits per heavy atom. The molecule has 0 bridgehead atoms. The molecule has 115 heavy (non-hydrogen) atoms. The van der Waals surface area contributed by atoms with Crippen molar-refractivity contribution >= 4 is 5.78 Å². The molecule has 9 heterocycles. The predicted octanol–water partition coefficient (Wildman–Crippen LogP) is -9.76. The van der Waals surface area contributed by atoms with E-state index in [1.165, 1.54) is 20.8 Å². The number of hydrogen-bond acceptors (Lipinski definition) is 41. The Kier molecular flexibility index (Phi) is 28.7. The molecular weight excluding hydrogens is 1540 g/mol. The number of rotatable bonds is 24. The van der Waals surface area contributed by atoms with Gasteiger partial charge in [-0.25, -0.2) is 0 Å². The molecular formula is C74H122O41. The van der Waals surface area contributed by atoms with Gasteiger partial charge in [0.25, 0.3) is 0 Å². The fraction of sp³-hybridized carbons (Fsp3) is 0.986. The van der Waals surface area contributed by atoms with Crippen LogP contribution in [0.2, 0.25) is 0 Å². The fourth-order valence-electron chi connectivity index (χ4n) is 20.8. The standard InChI is InChI=1S/C74H122O41/c1-23(21-99-64-52(92)48(88)44(84)35(17-75)105-64)10-13-74(98)24(2)40-34(115-74)15-32-30-9-8-28-14-29(11-12-72(28,6)31(30)16-39(80)73(32,40)7)104-68-55(95)49(89)59(37(19-77)107-68)110-69-56(96)50(90)60(38(20-78)108-69)111-71-63(114-65-51(91)43(83)33(79)22-100-65)61(45(85)36(18-76)106-71)112-70-62(113-67-54(94)47(87)42(82)26(4)102-67)57(97)58(27(5)103-70)109-66-53(93)46(86)41(81)25(3)101-66/h23-38,40-71,75-79,81-98H,8-22H2,1-7H3/t23-,24?,25-,26-,27-,28+,29+,30?,31?,32?,33-,34?,35-,36-,37-,38-,40?,41-,42-,43+,44-,45-,46+,47+,48+,49-,50-,51-,52-,53+,54+,55-,56-,57+,58-,59+,60-,61+,62+,63-,64-,65-,66+,67+,68-,69-,70-,71+,72+,73-,74-/m1/s1. The summed E-state index contributed by atoms with van der Waals surface area (Å²) in [6, 6.07) is 0. The number of Topliss-reactive ketones (excluding diaryl/α,β-unsaturated/α-hetero) is 1. The highest BCUT2D eigenvalue weighted by molar-refractivity contribution is 5.87. The number of fused-ring (bicyclic) bond motifs is 7. The summed E-state index contributed by atoms with van der Waals surface area (Å²) in [7, 11) is 0.